The highest BCUT2D eigenvalue weighted by atomic mass is 16.8. The second-order valence-corrected chi connectivity index (χ2v) is 4.41. The van der Waals surface area contributed by atoms with Crippen LogP contribution in [0.2, 0.25) is 0 Å². The molecule has 0 bridgehead atoms. The minimum atomic E-state index is -0.567. The molecular formula is C10H18O5. The number of ether oxygens (including phenoxy) is 4. The monoisotopic (exact) mass is 218 g/mol. The van der Waals surface area contributed by atoms with Crippen LogP contribution in [0.3, 0.4) is 0 Å². The van der Waals surface area contributed by atoms with Crippen LogP contribution in [0.5, 0.6) is 0 Å². The normalized spacial score (nSPS) is 40.4. The van der Waals surface area contributed by atoms with Crippen molar-refractivity contribution in [1.29, 1.82) is 0 Å². The molecular weight excluding hydrogens is 200 g/mol. The van der Waals surface area contributed by atoms with Crippen LogP contribution >= 0.6 is 0 Å². The topological polar surface area (TPSA) is 57.2 Å². The van der Waals surface area contributed by atoms with Gasteiger partial charge in [-0.05, 0) is 13.8 Å². The molecule has 5 nitrogen and oxygen atoms in total. The third kappa shape index (κ3) is 2.16. The van der Waals surface area contributed by atoms with Crippen molar-refractivity contribution in [3.8, 4) is 0 Å². The predicted molar refractivity (Wildman–Crippen MR) is 51.2 cm³/mol. The van der Waals surface area contributed by atoms with Gasteiger partial charge in [0.1, 0.15) is 12.2 Å². The number of aliphatic hydroxyl groups is 1. The Kier molecular flexibility index (Phi) is 3.00. The maximum Gasteiger partial charge on any atom is 0.187 e. The maximum absolute atomic E-state index is 9.07. The lowest BCUT2D eigenvalue weighted by atomic mass is 10.1. The highest BCUT2D eigenvalue weighted by molar-refractivity contribution is 4.88. The number of methoxy groups -OCH3 is 1. The van der Waals surface area contributed by atoms with Crippen molar-refractivity contribution in [2.24, 2.45) is 0 Å². The first-order valence-corrected chi connectivity index (χ1v) is 5.20. The van der Waals surface area contributed by atoms with Gasteiger partial charge in [-0.15, -0.1) is 0 Å². The van der Waals surface area contributed by atoms with Crippen LogP contribution in [0, 0.1) is 0 Å². The summed E-state index contributed by atoms with van der Waals surface area (Å²) in [6.45, 7) is 3.68. The Labute approximate surface area is 89.3 Å². The van der Waals surface area contributed by atoms with Crippen LogP contribution < -0.4 is 0 Å². The van der Waals surface area contributed by atoms with Gasteiger partial charge in [-0.3, -0.25) is 0 Å². The van der Waals surface area contributed by atoms with Crippen molar-refractivity contribution in [3.63, 3.8) is 0 Å². The highest BCUT2D eigenvalue weighted by Crippen LogP contribution is 2.38. The Morgan fingerprint density at radius 1 is 1.47 bits per heavy atom. The minimum absolute atomic E-state index is 0.0470. The van der Waals surface area contributed by atoms with Gasteiger partial charge in [0.05, 0.1) is 12.7 Å². The van der Waals surface area contributed by atoms with E-state index in [4.69, 9.17) is 24.1 Å². The summed E-state index contributed by atoms with van der Waals surface area (Å²) in [5.41, 5.74) is 0. The van der Waals surface area contributed by atoms with Gasteiger partial charge in [0.2, 0.25) is 0 Å². The van der Waals surface area contributed by atoms with Gasteiger partial charge in [0.15, 0.2) is 12.1 Å². The Morgan fingerprint density at radius 2 is 2.20 bits per heavy atom. The molecule has 2 saturated heterocycles. The van der Waals surface area contributed by atoms with Crippen molar-refractivity contribution in [2.45, 2.75) is 50.7 Å². The molecule has 15 heavy (non-hydrogen) atoms. The molecule has 5 heteroatoms. The number of aliphatic hydroxyl groups excluding tert-OH is 1. The molecule has 0 aromatic carbocycles. The van der Waals surface area contributed by atoms with Crippen molar-refractivity contribution in [1.82, 2.24) is 0 Å². The minimum Gasteiger partial charge on any atom is -0.394 e. The number of fused-ring (bicyclic) bond motifs is 1. The van der Waals surface area contributed by atoms with Gasteiger partial charge < -0.3 is 24.1 Å². The summed E-state index contributed by atoms with van der Waals surface area (Å²) in [5.74, 6) is -0.567. The summed E-state index contributed by atoms with van der Waals surface area (Å²) in [4.78, 5) is 0. The largest absolute Gasteiger partial charge is 0.394 e. The first-order chi connectivity index (χ1) is 7.05. The first-order valence-electron chi connectivity index (χ1n) is 5.20. The van der Waals surface area contributed by atoms with E-state index in [0.717, 1.165) is 0 Å². The van der Waals surface area contributed by atoms with E-state index in [1.54, 1.807) is 7.11 Å². The van der Waals surface area contributed by atoms with Crippen molar-refractivity contribution < 1.29 is 24.1 Å². The molecule has 1 N–H and O–H groups in total. The van der Waals surface area contributed by atoms with Gasteiger partial charge in [-0.1, -0.05) is 0 Å². The van der Waals surface area contributed by atoms with E-state index < -0.39 is 5.79 Å². The Bertz CT molecular complexity index is 210. The Hall–Kier alpha value is -0.200. The standard InChI is InChI=1S/C10H18O5/c1-10(2)14-7-4-6(8(5-11)12-3)13-9(7)15-10/h6-9,11H,4-5H2,1-3H3. The Balaban J connectivity index is 1.93. The van der Waals surface area contributed by atoms with Gasteiger partial charge in [0.25, 0.3) is 0 Å². The van der Waals surface area contributed by atoms with Crippen molar-refractivity contribution in [2.75, 3.05) is 13.7 Å². The van der Waals surface area contributed by atoms with E-state index in [9.17, 15) is 0 Å². The second kappa shape index (κ2) is 3.99. The van der Waals surface area contributed by atoms with Gasteiger partial charge in [-0.25, -0.2) is 0 Å². The molecule has 2 aliphatic rings. The number of rotatable bonds is 3. The lowest BCUT2D eigenvalue weighted by molar-refractivity contribution is -0.217. The fourth-order valence-electron chi connectivity index (χ4n) is 2.12. The fraction of sp³-hybridized carbons (Fsp3) is 1.00. The van der Waals surface area contributed by atoms with Crippen LogP contribution in [-0.4, -0.2) is 49.2 Å². The molecule has 0 aromatic heterocycles. The number of hydrogen-bond donors (Lipinski definition) is 1. The summed E-state index contributed by atoms with van der Waals surface area (Å²) in [6, 6.07) is 0. The zero-order valence-corrected chi connectivity index (χ0v) is 9.30. The van der Waals surface area contributed by atoms with Crippen LogP contribution in [0.1, 0.15) is 20.3 Å². The third-order valence-corrected chi connectivity index (χ3v) is 2.81. The summed E-state index contributed by atoms with van der Waals surface area (Å²) >= 11 is 0. The molecule has 4 unspecified atom stereocenters. The third-order valence-electron chi connectivity index (χ3n) is 2.81. The second-order valence-electron chi connectivity index (χ2n) is 4.41. The van der Waals surface area contributed by atoms with E-state index in [1.807, 2.05) is 13.8 Å². The maximum atomic E-state index is 9.07. The van der Waals surface area contributed by atoms with Gasteiger partial charge in [0, 0.05) is 13.5 Å². The average Bonchev–Trinajstić information content (AvgIpc) is 2.60. The summed E-state index contributed by atoms with van der Waals surface area (Å²) in [5, 5.41) is 9.07. The van der Waals surface area contributed by atoms with E-state index in [2.05, 4.69) is 0 Å². The number of hydrogen-bond acceptors (Lipinski definition) is 5. The van der Waals surface area contributed by atoms with E-state index >= 15 is 0 Å². The van der Waals surface area contributed by atoms with E-state index in [0.29, 0.717) is 6.42 Å². The van der Waals surface area contributed by atoms with Crippen LogP contribution in [0.4, 0.5) is 0 Å². The van der Waals surface area contributed by atoms with E-state index in [-0.39, 0.29) is 31.2 Å². The van der Waals surface area contributed by atoms with Crippen LogP contribution in [-0.2, 0) is 18.9 Å². The molecule has 88 valence electrons. The highest BCUT2D eigenvalue weighted by Gasteiger charge is 2.50. The average molecular weight is 218 g/mol. The fourth-order valence-corrected chi connectivity index (χ4v) is 2.12. The van der Waals surface area contributed by atoms with Crippen molar-refractivity contribution in [3.05, 3.63) is 0 Å². The molecule has 0 spiro atoms. The van der Waals surface area contributed by atoms with Crippen molar-refractivity contribution >= 4 is 0 Å². The lowest BCUT2D eigenvalue weighted by Crippen LogP contribution is -2.34. The van der Waals surface area contributed by atoms with Gasteiger partial charge >= 0.3 is 0 Å². The summed E-state index contributed by atoms with van der Waals surface area (Å²) < 4.78 is 22.0. The molecule has 2 heterocycles. The predicted octanol–water partition coefficient (Wildman–Crippen LogP) is 0.260. The van der Waals surface area contributed by atoms with E-state index in [1.165, 1.54) is 0 Å². The quantitative estimate of drug-likeness (QED) is 0.736. The first kappa shape index (κ1) is 11.3. The molecule has 2 aliphatic heterocycles. The molecule has 0 aliphatic carbocycles. The molecule has 0 saturated carbocycles. The molecule has 4 atom stereocenters. The SMILES string of the molecule is COC(CO)C1CC2OC(C)(C)OC2O1. The zero-order chi connectivity index (χ0) is 11.1. The smallest absolute Gasteiger partial charge is 0.187 e. The summed E-state index contributed by atoms with van der Waals surface area (Å²) in [6.07, 6.45) is -0.118. The Morgan fingerprint density at radius 3 is 2.73 bits per heavy atom. The molecule has 0 amide bonds. The van der Waals surface area contributed by atoms with Gasteiger partial charge in [-0.2, -0.15) is 0 Å². The molecule has 2 rings (SSSR count). The molecule has 0 aromatic rings. The molecule has 0 radical (unpaired) electrons. The summed E-state index contributed by atoms with van der Waals surface area (Å²) in [7, 11) is 1.56. The van der Waals surface area contributed by atoms with Crippen LogP contribution in [0.25, 0.3) is 0 Å². The zero-order valence-electron chi connectivity index (χ0n) is 9.30. The lowest BCUT2D eigenvalue weighted by Gasteiger charge is -2.23. The molecule has 2 fully saturated rings. The van der Waals surface area contributed by atoms with Crippen LogP contribution in [0.15, 0.2) is 0 Å².